The Labute approximate surface area is 101 Å². The van der Waals surface area contributed by atoms with E-state index >= 15 is 0 Å². The summed E-state index contributed by atoms with van der Waals surface area (Å²) in [6.45, 7) is 5.02. The third-order valence-corrected chi connectivity index (χ3v) is 4.21. The number of aromatic nitrogens is 1. The lowest BCUT2D eigenvalue weighted by molar-refractivity contribution is 0.266. The number of rotatable bonds is 3. The van der Waals surface area contributed by atoms with Crippen LogP contribution in [0.2, 0.25) is 0 Å². The molecule has 16 heavy (non-hydrogen) atoms. The first-order valence-electron chi connectivity index (χ1n) is 5.67. The summed E-state index contributed by atoms with van der Waals surface area (Å²) in [4.78, 5) is 9.22. The minimum absolute atomic E-state index is 0.539. The first-order chi connectivity index (χ1) is 7.61. The Kier molecular flexibility index (Phi) is 3.47. The van der Waals surface area contributed by atoms with E-state index in [1.807, 2.05) is 0 Å². The van der Waals surface area contributed by atoms with Crippen LogP contribution >= 0.6 is 11.3 Å². The van der Waals surface area contributed by atoms with Gasteiger partial charge in [-0.3, -0.25) is 0 Å². The number of likely N-dealkylation sites (N-methyl/N-ethyl adjacent to an activating group) is 1. The maximum Gasteiger partial charge on any atom is 0.185 e. The molecule has 90 valence electrons. The Morgan fingerprint density at radius 3 is 2.81 bits per heavy atom. The van der Waals surface area contributed by atoms with Gasteiger partial charge in [-0.1, -0.05) is 6.92 Å². The van der Waals surface area contributed by atoms with E-state index in [-0.39, 0.29) is 0 Å². The van der Waals surface area contributed by atoms with Crippen molar-refractivity contribution < 1.29 is 0 Å². The molecule has 0 amide bonds. The molecule has 0 spiro atoms. The zero-order valence-corrected chi connectivity index (χ0v) is 11.0. The van der Waals surface area contributed by atoms with Crippen LogP contribution in [0.25, 0.3) is 0 Å². The van der Waals surface area contributed by atoms with Gasteiger partial charge in [-0.15, -0.1) is 11.3 Å². The van der Waals surface area contributed by atoms with Crippen molar-refractivity contribution in [2.75, 3.05) is 32.1 Å². The zero-order valence-electron chi connectivity index (χ0n) is 10.2. The van der Waals surface area contributed by atoms with Crippen LogP contribution in [0.4, 0.5) is 5.13 Å². The van der Waals surface area contributed by atoms with E-state index in [4.69, 9.17) is 5.73 Å². The van der Waals surface area contributed by atoms with Crippen molar-refractivity contribution in [2.24, 2.45) is 11.7 Å². The molecule has 2 heterocycles. The molecule has 4 nitrogen and oxygen atoms in total. The molecule has 1 aromatic heterocycles. The van der Waals surface area contributed by atoms with E-state index < -0.39 is 0 Å². The van der Waals surface area contributed by atoms with Crippen molar-refractivity contribution in [3.8, 4) is 0 Å². The lowest BCUT2D eigenvalue weighted by Crippen LogP contribution is -2.34. The average molecular weight is 240 g/mol. The Hall–Kier alpha value is -0.650. The SMILES string of the molecule is CC1CN(c2nc(CN)cs2)CC1N(C)C. The third-order valence-electron chi connectivity index (χ3n) is 3.26. The summed E-state index contributed by atoms with van der Waals surface area (Å²) in [5, 5.41) is 3.18. The number of nitrogens with zero attached hydrogens (tertiary/aromatic N) is 3. The molecule has 2 atom stereocenters. The Balaban J connectivity index is 2.07. The molecule has 2 rings (SSSR count). The van der Waals surface area contributed by atoms with E-state index in [0.29, 0.717) is 18.5 Å². The molecule has 2 N–H and O–H groups in total. The highest BCUT2D eigenvalue weighted by Gasteiger charge is 2.32. The molecule has 1 aliphatic heterocycles. The number of hydrogen-bond donors (Lipinski definition) is 1. The minimum atomic E-state index is 0.539. The Morgan fingerprint density at radius 1 is 1.56 bits per heavy atom. The van der Waals surface area contributed by atoms with E-state index in [0.717, 1.165) is 23.9 Å². The van der Waals surface area contributed by atoms with Gasteiger partial charge in [0.1, 0.15) is 0 Å². The van der Waals surface area contributed by atoms with E-state index in [1.54, 1.807) is 11.3 Å². The van der Waals surface area contributed by atoms with Crippen molar-refractivity contribution in [1.29, 1.82) is 0 Å². The quantitative estimate of drug-likeness (QED) is 0.856. The fourth-order valence-corrected chi connectivity index (χ4v) is 3.17. The monoisotopic (exact) mass is 240 g/mol. The van der Waals surface area contributed by atoms with Gasteiger partial charge in [0.05, 0.1) is 5.69 Å². The largest absolute Gasteiger partial charge is 0.346 e. The molecule has 0 aromatic carbocycles. The van der Waals surface area contributed by atoms with Gasteiger partial charge in [0.15, 0.2) is 5.13 Å². The van der Waals surface area contributed by atoms with Gasteiger partial charge in [0.25, 0.3) is 0 Å². The average Bonchev–Trinajstić information content (AvgIpc) is 2.83. The van der Waals surface area contributed by atoms with Gasteiger partial charge in [0.2, 0.25) is 0 Å². The molecule has 0 saturated carbocycles. The number of anilines is 1. The Bertz CT molecular complexity index is 350. The maximum atomic E-state index is 5.58. The van der Waals surface area contributed by atoms with Crippen LogP contribution in [0.3, 0.4) is 0 Å². The summed E-state index contributed by atoms with van der Waals surface area (Å²) in [6, 6.07) is 0.630. The summed E-state index contributed by atoms with van der Waals surface area (Å²) in [6.07, 6.45) is 0. The lowest BCUT2D eigenvalue weighted by Gasteiger charge is -2.22. The van der Waals surface area contributed by atoms with Crippen LogP contribution in [-0.2, 0) is 6.54 Å². The maximum absolute atomic E-state index is 5.58. The molecule has 5 heteroatoms. The van der Waals surface area contributed by atoms with Crippen molar-refractivity contribution >= 4 is 16.5 Å². The second-order valence-electron chi connectivity index (χ2n) is 4.74. The molecule has 0 bridgehead atoms. The smallest absolute Gasteiger partial charge is 0.185 e. The first kappa shape index (κ1) is 11.8. The summed E-state index contributed by atoms with van der Waals surface area (Å²) in [5.41, 5.74) is 6.58. The molecule has 0 radical (unpaired) electrons. The van der Waals surface area contributed by atoms with Gasteiger partial charge >= 0.3 is 0 Å². The fraction of sp³-hybridized carbons (Fsp3) is 0.727. The summed E-state index contributed by atoms with van der Waals surface area (Å²) >= 11 is 1.70. The van der Waals surface area contributed by atoms with Gasteiger partial charge in [-0.05, 0) is 20.0 Å². The normalized spacial score (nSPS) is 25.7. The highest BCUT2D eigenvalue weighted by molar-refractivity contribution is 7.13. The molecule has 1 saturated heterocycles. The Morgan fingerprint density at radius 2 is 2.31 bits per heavy atom. The topological polar surface area (TPSA) is 45.4 Å². The second kappa shape index (κ2) is 4.69. The van der Waals surface area contributed by atoms with Crippen LogP contribution in [0.5, 0.6) is 0 Å². The number of thiazole rings is 1. The summed E-state index contributed by atoms with van der Waals surface area (Å²) in [5.74, 6) is 0.695. The highest BCUT2D eigenvalue weighted by atomic mass is 32.1. The zero-order chi connectivity index (χ0) is 11.7. The number of nitrogens with two attached hydrogens (primary N) is 1. The van der Waals surface area contributed by atoms with Crippen LogP contribution in [-0.4, -0.2) is 43.1 Å². The van der Waals surface area contributed by atoms with Crippen LogP contribution in [0.15, 0.2) is 5.38 Å². The predicted molar refractivity (Wildman–Crippen MR) is 68.9 cm³/mol. The minimum Gasteiger partial charge on any atom is -0.346 e. The van der Waals surface area contributed by atoms with Gasteiger partial charge in [-0.2, -0.15) is 0 Å². The van der Waals surface area contributed by atoms with Crippen LogP contribution in [0.1, 0.15) is 12.6 Å². The van der Waals surface area contributed by atoms with Crippen molar-refractivity contribution in [2.45, 2.75) is 19.5 Å². The van der Waals surface area contributed by atoms with Crippen molar-refractivity contribution in [3.63, 3.8) is 0 Å². The van der Waals surface area contributed by atoms with Crippen LogP contribution in [0, 0.1) is 5.92 Å². The third kappa shape index (κ3) is 2.21. The molecule has 2 unspecified atom stereocenters. The van der Waals surface area contributed by atoms with E-state index in [1.165, 1.54) is 0 Å². The van der Waals surface area contributed by atoms with Crippen molar-refractivity contribution in [3.05, 3.63) is 11.1 Å². The second-order valence-corrected chi connectivity index (χ2v) is 5.58. The summed E-state index contributed by atoms with van der Waals surface area (Å²) < 4.78 is 0. The van der Waals surface area contributed by atoms with Gasteiger partial charge in [-0.25, -0.2) is 4.98 Å². The van der Waals surface area contributed by atoms with E-state index in [9.17, 15) is 0 Å². The standard InChI is InChI=1S/C11H20N4S/c1-8-5-15(6-10(8)14(2)3)11-13-9(4-12)7-16-11/h7-8,10H,4-6,12H2,1-3H3. The summed E-state index contributed by atoms with van der Waals surface area (Å²) in [7, 11) is 4.30. The molecule has 1 aromatic rings. The van der Waals surface area contributed by atoms with E-state index in [2.05, 4.69) is 41.2 Å². The molecular weight excluding hydrogens is 220 g/mol. The molecule has 0 aliphatic carbocycles. The molecular formula is C11H20N4S. The van der Waals surface area contributed by atoms with Gasteiger partial charge < -0.3 is 15.5 Å². The molecule has 1 aliphatic rings. The highest BCUT2D eigenvalue weighted by Crippen LogP contribution is 2.28. The number of hydrogen-bond acceptors (Lipinski definition) is 5. The van der Waals surface area contributed by atoms with Crippen molar-refractivity contribution in [1.82, 2.24) is 9.88 Å². The fourth-order valence-electron chi connectivity index (χ4n) is 2.31. The lowest BCUT2D eigenvalue weighted by atomic mass is 10.1. The van der Waals surface area contributed by atoms with Gasteiger partial charge in [0, 0.05) is 31.1 Å². The first-order valence-corrected chi connectivity index (χ1v) is 6.55. The predicted octanol–water partition coefficient (Wildman–Crippen LogP) is 0.988. The van der Waals surface area contributed by atoms with Crippen LogP contribution < -0.4 is 10.6 Å². The molecule has 1 fully saturated rings.